The predicted molar refractivity (Wildman–Crippen MR) is 94.8 cm³/mol. The number of amides is 1. The number of hydrogen-bond acceptors (Lipinski definition) is 3. The molecule has 0 bridgehead atoms. The first-order chi connectivity index (χ1) is 11.6. The number of aromatic nitrogens is 1. The first kappa shape index (κ1) is 16.0. The molecule has 0 aliphatic heterocycles. The maximum Gasteiger partial charge on any atom is 0.271 e. The largest absolute Gasteiger partial charge is 0.287 e. The number of hydrazone groups is 1. The molecule has 0 spiro atoms. The molecule has 2 aromatic carbocycles. The zero-order valence-corrected chi connectivity index (χ0v) is 13.6. The summed E-state index contributed by atoms with van der Waals surface area (Å²) in [4.78, 5) is 23.7. The van der Waals surface area contributed by atoms with Gasteiger partial charge in [-0.15, -0.1) is 0 Å². The number of carbonyl (C=O) groups is 2. The van der Waals surface area contributed by atoms with Gasteiger partial charge in [-0.2, -0.15) is 5.10 Å². The van der Waals surface area contributed by atoms with Crippen LogP contribution in [-0.4, -0.2) is 22.6 Å². The molecule has 0 fully saturated rings. The smallest absolute Gasteiger partial charge is 0.271 e. The maximum atomic E-state index is 12.0. The second-order valence-corrected chi connectivity index (χ2v) is 5.63. The summed E-state index contributed by atoms with van der Waals surface area (Å²) in [6, 6.07) is 14.0. The normalized spacial score (nSPS) is 11.1. The number of hydrogen-bond donors (Lipinski definition) is 1. The number of nitrogens with zero attached hydrogens (tertiary/aromatic N) is 2. The predicted octanol–water partition coefficient (Wildman–Crippen LogP) is 3.72. The minimum absolute atomic E-state index is 0.0870. The van der Waals surface area contributed by atoms with Crippen LogP contribution in [0.4, 0.5) is 0 Å². The fourth-order valence-corrected chi connectivity index (χ4v) is 2.52. The van der Waals surface area contributed by atoms with Crippen LogP contribution in [0.2, 0.25) is 5.02 Å². The molecule has 0 unspecified atom stereocenters. The van der Waals surface area contributed by atoms with Crippen LogP contribution in [0.3, 0.4) is 0 Å². The lowest BCUT2D eigenvalue weighted by atomic mass is 10.2. The number of carbonyl (C=O) groups excluding carboxylic acids is 2. The molecule has 0 aliphatic carbocycles. The topological polar surface area (TPSA) is 63.5 Å². The van der Waals surface area contributed by atoms with Gasteiger partial charge < -0.3 is 0 Å². The van der Waals surface area contributed by atoms with Gasteiger partial charge in [0.15, 0.2) is 0 Å². The lowest BCUT2D eigenvalue weighted by Crippen LogP contribution is -2.17. The molecule has 6 heteroatoms. The Kier molecular flexibility index (Phi) is 4.44. The van der Waals surface area contributed by atoms with Crippen LogP contribution in [0.25, 0.3) is 10.9 Å². The van der Waals surface area contributed by atoms with Crippen LogP contribution in [0.15, 0.2) is 59.8 Å². The van der Waals surface area contributed by atoms with Crippen LogP contribution < -0.4 is 5.43 Å². The third-order valence-electron chi connectivity index (χ3n) is 3.56. The summed E-state index contributed by atoms with van der Waals surface area (Å²) in [6.07, 6.45) is 3.22. The lowest BCUT2D eigenvalue weighted by molar-refractivity contribution is 0.0937. The highest BCUT2D eigenvalue weighted by Crippen LogP contribution is 2.19. The van der Waals surface area contributed by atoms with Crippen molar-refractivity contribution in [3.63, 3.8) is 0 Å². The number of halogens is 1. The Balaban J connectivity index is 1.82. The second-order valence-electron chi connectivity index (χ2n) is 5.20. The molecule has 1 N–H and O–H groups in total. The quantitative estimate of drug-likeness (QED) is 0.584. The van der Waals surface area contributed by atoms with Crippen molar-refractivity contribution in [3.8, 4) is 0 Å². The van der Waals surface area contributed by atoms with Crippen molar-refractivity contribution in [1.82, 2.24) is 9.99 Å². The third kappa shape index (κ3) is 3.21. The van der Waals surface area contributed by atoms with Gasteiger partial charge in [0.25, 0.3) is 5.91 Å². The highest BCUT2D eigenvalue weighted by Gasteiger charge is 2.09. The molecule has 3 rings (SSSR count). The first-order valence-corrected chi connectivity index (χ1v) is 7.64. The molecular formula is C18H14ClN3O2. The van der Waals surface area contributed by atoms with Gasteiger partial charge in [-0.25, -0.2) is 5.43 Å². The van der Waals surface area contributed by atoms with Gasteiger partial charge in [0.1, 0.15) is 0 Å². The number of rotatable bonds is 3. The Bertz CT molecular complexity index is 943. The van der Waals surface area contributed by atoms with Gasteiger partial charge in [-0.1, -0.05) is 29.8 Å². The van der Waals surface area contributed by atoms with E-state index in [2.05, 4.69) is 10.5 Å². The van der Waals surface area contributed by atoms with E-state index in [9.17, 15) is 9.59 Å². The van der Waals surface area contributed by atoms with Crippen LogP contribution in [0.1, 0.15) is 27.6 Å². The maximum absolute atomic E-state index is 12.0. The van der Waals surface area contributed by atoms with E-state index >= 15 is 0 Å². The SMILES string of the molecule is CC(=O)n1cc(/C=N\NC(=O)c2ccc(Cl)cc2)c2ccccc21. The summed E-state index contributed by atoms with van der Waals surface area (Å²) in [5, 5.41) is 5.43. The molecule has 1 aromatic heterocycles. The van der Waals surface area contributed by atoms with Crippen LogP contribution in [-0.2, 0) is 0 Å². The van der Waals surface area contributed by atoms with Crippen molar-refractivity contribution in [2.75, 3.05) is 0 Å². The number of nitrogens with one attached hydrogen (secondary N) is 1. The minimum Gasteiger partial charge on any atom is -0.287 e. The summed E-state index contributed by atoms with van der Waals surface area (Å²) in [5.41, 5.74) is 4.47. The molecular weight excluding hydrogens is 326 g/mol. The fraction of sp³-hybridized carbons (Fsp3) is 0.0556. The Morgan fingerprint density at radius 1 is 1.12 bits per heavy atom. The van der Waals surface area contributed by atoms with Crippen molar-refractivity contribution in [3.05, 3.63) is 70.9 Å². The lowest BCUT2D eigenvalue weighted by Gasteiger charge is -1.99. The van der Waals surface area contributed by atoms with Crippen LogP contribution in [0, 0.1) is 0 Å². The van der Waals surface area contributed by atoms with E-state index in [4.69, 9.17) is 11.6 Å². The Morgan fingerprint density at radius 2 is 1.83 bits per heavy atom. The average Bonchev–Trinajstić information content (AvgIpc) is 2.95. The van der Waals surface area contributed by atoms with E-state index in [1.165, 1.54) is 13.1 Å². The van der Waals surface area contributed by atoms with Crippen molar-refractivity contribution >= 4 is 40.5 Å². The molecule has 3 aromatic rings. The molecule has 5 nitrogen and oxygen atoms in total. The average molecular weight is 340 g/mol. The third-order valence-corrected chi connectivity index (χ3v) is 3.81. The fourth-order valence-electron chi connectivity index (χ4n) is 2.40. The molecule has 0 saturated heterocycles. The van der Waals surface area contributed by atoms with E-state index in [0.717, 1.165) is 16.5 Å². The molecule has 0 aliphatic rings. The summed E-state index contributed by atoms with van der Waals surface area (Å²) < 4.78 is 1.55. The summed E-state index contributed by atoms with van der Waals surface area (Å²) in [5.74, 6) is -0.422. The summed E-state index contributed by atoms with van der Waals surface area (Å²) >= 11 is 5.79. The molecule has 0 saturated carbocycles. The van der Waals surface area contributed by atoms with Gasteiger partial charge in [0.05, 0.1) is 11.7 Å². The van der Waals surface area contributed by atoms with Gasteiger partial charge in [-0.3, -0.25) is 14.2 Å². The van der Waals surface area contributed by atoms with E-state index in [1.54, 1.807) is 35.0 Å². The van der Waals surface area contributed by atoms with Crippen molar-refractivity contribution in [2.24, 2.45) is 5.10 Å². The Labute approximate surface area is 143 Å². The first-order valence-electron chi connectivity index (χ1n) is 7.26. The van der Waals surface area contributed by atoms with E-state index in [-0.39, 0.29) is 11.8 Å². The second kappa shape index (κ2) is 6.68. The molecule has 0 atom stereocenters. The molecule has 24 heavy (non-hydrogen) atoms. The molecule has 0 radical (unpaired) electrons. The highest BCUT2D eigenvalue weighted by molar-refractivity contribution is 6.30. The summed E-state index contributed by atoms with van der Waals surface area (Å²) in [7, 11) is 0. The van der Waals surface area contributed by atoms with E-state index < -0.39 is 0 Å². The van der Waals surface area contributed by atoms with E-state index in [1.807, 2.05) is 24.3 Å². The van der Waals surface area contributed by atoms with Gasteiger partial charge in [0.2, 0.25) is 5.91 Å². The minimum atomic E-state index is -0.335. The van der Waals surface area contributed by atoms with Gasteiger partial charge in [-0.05, 0) is 30.3 Å². The Hall–Kier alpha value is -2.92. The zero-order chi connectivity index (χ0) is 17.1. The van der Waals surface area contributed by atoms with Gasteiger partial charge in [0, 0.05) is 34.7 Å². The summed E-state index contributed by atoms with van der Waals surface area (Å²) in [6.45, 7) is 1.50. The van der Waals surface area contributed by atoms with Gasteiger partial charge >= 0.3 is 0 Å². The van der Waals surface area contributed by atoms with E-state index in [0.29, 0.717) is 10.6 Å². The van der Waals surface area contributed by atoms with Crippen molar-refractivity contribution in [2.45, 2.75) is 6.92 Å². The molecule has 1 heterocycles. The monoisotopic (exact) mass is 339 g/mol. The van der Waals surface area contributed by atoms with Crippen molar-refractivity contribution in [1.29, 1.82) is 0 Å². The highest BCUT2D eigenvalue weighted by atomic mass is 35.5. The van der Waals surface area contributed by atoms with Crippen molar-refractivity contribution < 1.29 is 9.59 Å². The molecule has 1 amide bonds. The standard InChI is InChI=1S/C18H14ClN3O2/c1-12(23)22-11-14(16-4-2-3-5-17(16)22)10-20-21-18(24)13-6-8-15(19)9-7-13/h2-11H,1H3,(H,21,24)/b20-10-. The zero-order valence-electron chi connectivity index (χ0n) is 12.9. The van der Waals surface area contributed by atoms with Crippen LogP contribution >= 0.6 is 11.6 Å². The number of fused-ring (bicyclic) bond motifs is 1. The Morgan fingerprint density at radius 3 is 2.54 bits per heavy atom. The molecule has 120 valence electrons. The number of benzene rings is 2. The number of para-hydroxylation sites is 1. The van der Waals surface area contributed by atoms with Crippen LogP contribution in [0.5, 0.6) is 0 Å².